The van der Waals surface area contributed by atoms with Gasteiger partial charge in [-0.2, -0.15) is 0 Å². The minimum atomic E-state index is -0.813. The predicted molar refractivity (Wildman–Crippen MR) is 156 cm³/mol. The summed E-state index contributed by atoms with van der Waals surface area (Å²) < 4.78 is 5.66. The highest BCUT2D eigenvalue weighted by molar-refractivity contribution is 7.09. The largest absolute Gasteiger partial charge is 0.446 e. The van der Waals surface area contributed by atoms with Gasteiger partial charge in [0.2, 0.25) is 17.7 Å². The maximum atomic E-state index is 13.3. The molecule has 0 aliphatic carbocycles. The summed E-state index contributed by atoms with van der Waals surface area (Å²) in [4.78, 5) is 62.8. The van der Waals surface area contributed by atoms with E-state index in [1.165, 1.54) is 22.5 Å². The van der Waals surface area contributed by atoms with Crippen molar-refractivity contribution in [3.63, 3.8) is 0 Å². The van der Waals surface area contributed by atoms with Crippen molar-refractivity contribution in [2.24, 2.45) is 17.6 Å². The topological polar surface area (TPSA) is 173 Å². The van der Waals surface area contributed by atoms with E-state index in [-0.39, 0.29) is 48.7 Å². The van der Waals surface area contributed by atoms with Crippen LogP contribution in [-0.2, 0) is 16.0 Å². The van der Waals surface area contributed by atoms with Gasteiger partial charge in [0.1, 0.15) is 23.0 Å². The summed E-state index contributed by atoms with van der Waals surface area (Å²) >= 11 is 1.26. The molecule has 4 bridgehead atoms. The van der Waals surface area contributed by atoms with E-state index < -0.39 is 41.8 Å². The van der Waals surface area contributed by atoms with Crippen molar-refractivity contribution < 1.29 is 23.6 Å². The first kappa shape index (κ1) is 30.8. The lowest BCUT2D eigenvalue weighted by atomic mass is 10.0. The summed E-state index contributed by atoms with van der Waals surface area (Å²) in [5, 5.41) is 10.8. The van der Waals surface area contributed by atoms with E-state index in [4.69, 9.17) is 10.2 Å². The fourth-order valence-electron chi connectivity index (χ4n) is 4.43. The van der Waals surface area contributed by atoms with Gasteiger partial charge in [-0.25, -0.2) is 9.97 Å². The van der Waals surface area contributed by atoms with E-state index >= 15 is 0 Å². The van der Waals surface area contributed by atoms with E-state index in [1.807, 2.05) is 58.0 Å². The summed E-state index contributed by atoms with van der Waals surface area (Å²) in [5.74, 6) is -1.81. The number of thiazole rings is 1. The number of nitrogens with one attached hydrogen (secondary N) is 3. The molecule has 3 aromatic rings. The summed E-state index contributed by atoms with van der Waals surface area (Å²) in [6.45, 7) is 7.37. The molecule has 3 atom stereocenters. The molecule has 0 saturated heterocycles. The van der Waals surface area contributed by atoms with Crippen molar-refractivity contribution in [3.05, 3.63) is 69.8 Å². The Labute approximate surface area is 248 Å². The number of nitrogens with two attached hydrogens (primary N) is 1. The number of benzene rings is 1. The van der Waals surface area contributed by atoms with Crippen molar-refractivity contribution in [2.75, 3.05) is 19.6 Å². The molecule has 12 nitrogen and oxygen atoms in total. The van der Waals surface area contributed by atoms with Crippen molar-refractivity contribution in [1.29, 1.82) is 0 Å². The fraction of sp³-hybridized carbons (Fsp3) is 0.448. The number of aromatic nitrogens is 2. The smallest absolute Gasteiger partial charge is 0.273 e. The maximum Gasteiger partial charge on any atom is 0.273 e. The van der Waals surface area contributed by atoms with Crippen LogP contribution in [-0.4, -0.2) is 64.2 Å². The summed E-state index contributed by atoms with van der Waals surface area (Å²) in [7, 11) is 0. The van der Waals surface area contributed by atoms with Crippen LogP contribution >= 0.6 is 11.3 Å². The number of hydrogen-bond donors (Lipinski definition) is 4. The molecule has 0 fully saturated rings. The quantitative estimate of drug-likeness (QED) is 0.348. The van der Waals surface area contributed by atoms with Crippen molar-refractivity contribution in [3.8, 4) is 0 Å². The van der Waals surface area contributed by atoms with E-state index in [9.17, 15) is 19.2 Å². The SMILES string of the molecule is CC(C)[C@@H]1NC(=O)CN(C(=O)[C@H](N)C(C)C)CCNC(=O)c2coc(n2)[C@H](Cc2ccccc2)NC(=O)c2csc1n2. The van der Waals surface area contributed by atoms with E-state index in [2.05, 4.69) is 25.9 Å². The highest BCUT2D eigenvalue weighted by atomic mass is 32.1. The third-order valence-corrected chi connectivity index (χ3v) is 7.89. The lowest BCUT2D eigenvalue weighted by Crippen LogP contribution is -2.52. The minimum absolute atomic E-state index is 0.0173. The second kappa shape index (κ2) is 13.7. The zero-order valence-electron chi connectivity index (χ0n) is 24.1. The van der Waals surface area contributed by atoms with Gasteiger partial charge in [-0.3, -0.25) is 19.2 Å². The van der Waals surface area contributed by atoms with Crippen LogP contribution < -0.4 is 21.7 Å². The highest BCUT2D eigenvalue weighted by Crippen LogP contribution is 2.26. The Morgan fingerprint density at radius 3 is 2.50 bits per heavy atom. The average Bonchev–Trinajstić information content (AvgIpc) is 3.65. The molecular weight excluding hydrogens is 558 g/mol. The number of fused-ring (bicyclic) bond motifs is 4. The number of rotatable bonds is 5. The van der Waals surface area contributed by atoms with Gasteiger partial charge in [0, 0.05) is 24.9 Å². The van der Waals surface area contributed by atoms with Crippen molar-refractivity contribution in [1.82, 2.24) is 30.8 Å². The van der Waals surface area contributed by atoms with Crippen LogP contribution in [0.25, 0.3) is 0 Å². The van der Waals surface area contributed by atoms with Crippen LogP contribution in [0.4, 0.5) is 0 Å². The first-order valence-electron chi connectivity index (χ1n) is 13.9. The lowest BCUT2D eigenvalue weighted by molar-refractivity contribution is -0.138. The van der Waals surface area contributed by atoms with Crippen LogP contribution in [0.1, 0.15) is 77.2 Å². The third kappa shape index (κ3) is 7.59. The molecular formula is C29H37N7O5S. The first-order valence-corrected chi connectivity index (χ1v) is 14.8. The van der Waals surface area contributed by atoms with Gasteiger partial charge in [0.05, 0.1) is 18.6 Å². The first-order chi connectivity index (χ1) is 20.0. The molecule has 5 N–H and O–H groups in total. The molecule has 1 aliphatic rings. The van der Waals surface area contributed by atoms with Gasteiger partial charge in [-0.15, -0.1) is 11.3 Å². The molecule has 0 spiro atoms. The van der Waals surface area contributed by atoms with Crippen LogP contribution in [0.3, 0.4) is 0 Å². The van der Waals surface area contributed by atoms with Crippen LogP contribution in [0.15, 0.2) is 46.4 Å². The van der Waals surface area contributed by atoms with E-state index in [0.29, 0.717) is 11.4 Å². The maximum absolute atomic E-state index is 13.3. The summed E-state index contributed by atoms with van der Waals surface area (Å²) in [5.41, 5.74) is 7.26. The molecule has 0 unspecified atom stereocenters. The van der Waals surface area contributed by atoms with Crippen molar-refractivity contribution in [2.45, 2.75) is 52.2 Å². The van der Waals surface area contributed by atoms with Crippen LogP contribution in [0, 0.1) is 11.8 Å². The summed E-state index contributed by atoms with van der Waals surface area (Å²) in [6.07, 6.45) is 1.59. The number of amides is 4. The average molecular weight is 596 g/mol. The molecule has 1 aromatic carbocycles. The molecule has 1 aliphatic heterocycles. The minimum Gasteiger partial charge on any atom is -0.446 e. The molecule has 2 aromatic heterocycles. The van der Waals surface area contributed by atoms with Crippen LogP contribution in [0.5, 0.6) is 0 Å². The Balaban J connectivity index is 1.68. The highest BCUT2D eigenvalue weighted by Gasteiger charge is 2.30. The van der Waals surface area contributed by atoms with Gasteiger partial charge in [0.25, 0.3) is 11.8 Å². The number of carbonyl (C=O) groups excluding carboxylic acids is 4. The number of carbonyl (C=O) groups is 4. The summed E-state index contributed by atoms with van der Waals surface area (Å²) in [6, 6.07) is 7.53. The Hall–Kier alpha value is -4.10. The molecule has 0 saturated carbocycles. The molecule has 13 heteroatoms. The van der Waals surface area contributed by atoms with Gasteiger partial charge in [-0.1, -0.05) is 58.0 Å². The van der Waals surface area contributed by atoms with E-state index in [1.54, 1.807) is 5.38 Å². The van der Waals surface area contributed by atoms with Gasteiger partial charge >= 0.3 is 0 Å². The Kier molecular flexibility index (Phi) is 10.1. The molecule has 0 radical (unpaired) electrons. The van der Waals surface area contributed by atoms with E-state index in [0.717, 1.165) is 5.56 Å². The van der Waals surface area contributed by atoms with Gasteiger partial charge in [-0.05, 0) is 17.4 Å². The standard InChI is InChI=1S/C29H37N7O5S/c1-16(2)23(30)29(40)36-11-10-31-25(38)20-14-41-27(33-20)19(12-18-8-6-5-7-9-18)32-26(39)21-15-42-28(34-21)24(17(3)4)35-22(37)13-36/h5-9,14-17,19,23-24H,10-13,30H2,1-4H3,(H,31,38)(H,32,39)(H,35,37)/t19-,23+,24-/m0/s1. The lowest BCUT2D eigenvalue weighted by Gasteiger charge is -2.28. The zero-order chi connectivity index (χ0) is 30.4. The molecule has 42 heavy (non-hydrogen) atoms. The second-order valence-electron chi connectivity index (χ2n) is 10.9. The Morgan fingerprint density at radius 2 is 1.81 bits per heavy atom. The Bertz CT molecular complexity index is 1400. The Morgan fingerprint density at radius 1 is 1.07 bits per heavy atom. The van der Waals surface area contributed by atoms with Gasteiger partial charge < -0.3 is 31.0 Å². The van der Waals surface area contributed by atoms with Crippen molar-refractivity contribution >= 4 is 35.0 Å². The predicted octanol–water partition coefficient (Wildman–Crippen LogP) is 2.21. The molecule has 4 rings (SSSR count). The van der Waals surface area contributed by atoms with Crippen LogP contribution in [0.2, 0.25) is 0 Å². The molecule has 4 amide bonds. The normalized spacial score (nSPS) is 19.5. The number of oxazole rings is 1. The van der Waals surface area contributed by atoms with Gasteiger partial charge in [0.15, 0.2) is 5.69 Å². The zero-order valence-corrected chi connectivity index (χ0v) is 24.9. The molecule has 224 valence electrons. The third-order valence-electron chi connectivity index (χ3n) is 6.96. The number of hydrogen-bond acceptors (Lipinski definition) is 9. The molecule has 3 heterocycles. The monoisotopic (exact) mass is 595 g/mol. The fourth-order valence-corrected chi connectivity index (χ4v) is 5.45. The second-order valence-corrected chi connectivity index (χ2v) is 11.8. The number of nitrogens with zero attached hydrogens (tertiary/aromatic N) is 3.